The highest BCUT2D eigenvalue weighted by Gasteiger charge is 2.10. The molecule has 0 aliphatic rings. The standard InChI is InChI=1S/C17H24O3/c1-6-7-16(18)20-14-9-8-13(12-15(14)19-5)10-11-17(2,3)4/h8-12H,6-7H2,1-5H3/b11-10+. The fourth-order valence-electron chi connectivity index (χ4n) is 1.60. The smallest absolute Gasteiger partial charge is 0.311 e. The van der Waals surface area contributed by atoms with Crippen molar-refractivity contribution < 1.29 is 14.3 Å². The number of methoxy groups -OCH3 is 1. The Morgan fingerprint density at radius 3 is 2.50 bits per heavy atom. The van der Waals surface area contributed by atoms with Gasteiger partial charge in [-0.25, -0.2) is 0 Å². The van der Waals surface area contributed by atoms with E-state index in [2.05, 4.69) is 26.8 Å². The number of rotatable bonds is 5. The molecule has 1 aromatic carbocycles. The molecule has 0 bridgehead atoms. The third-order valence-corrected chi connectivity index (χ3v) is 2.64. The zero-order valence-electron chi connectivity index (χ0n) is 13.0. The minimum absolute atomic E-state index is 0.125. The lowest BCUT2D eigenvalue weighted by Gasteiger charge is -2.12. The topological polar surface area (TPSA) is 35.5 Å². The van der Waals surface area contributed by atoms with Crippen LogP contribution < -0.4 is 9.47 Å². The fourth-order valence-corrected chi connectivity index (χ4v) is 1.60. The summed E-state index contributed by atoms with van der Waals surface area (Å²) in [6.07, 6.45) is 5.35. The van der Waals surface area contributed by atoms with E-state index in [1.807, 2.05) is 25.1 Å². The fraction of sp³-hybridized carbons (Fsp3) is 0.471. The second kappa shape index (κ2) is 7.13. The van der Waals surface area contributed by atoms with Gasteiger partial charge in [-0.05, 0) is 29.5 Å². The predicted molar refractivity (Wildman–Crippen MR) is 82.0 cm³/mol. The van der Waals surface area contributed by atoms with E-state index in [1.54, 1.807) is 13.2 Å². The van der Waals surface area contributed by atoms with Gasteiger partial charge in [0.15, 0.2) is 11.5 Å². The van der Waals surface area contributed by atoms with E-state index < -0.39 is 0 Å². The molecule has 0 amide bonds. The van der Waals surface area contributed by atoms with Gasteiger partial charge in [-0.15, -0.1) is 0 Å². The van der Waals surface area contributed by atoms with E-state index >= 15 is 0 Å². The number of carbonyl (C=O) groups is 1. The Morgan fingerprint density at radius 2 is 1.95 bits per heavy atom. The Kier molecular flexibility index (Phi) is 5.81. The maximum Gasteiger partial charge on any atom is 0.311 e. The largest absolute Gasteiger partial charge is 0.493 e. The van der Waals surface area contributed by atoms with Crippen molar-refractivity contribution in [3.8, 4) is 11.5 Å². The molecule has 0 heterocycles. The predicted octanol–water partition coefficient (Wildman–Crippen LogP) is 4.46. The number of esters is 1. The van der Waals surface area contributed by atoms with E-state index in [9.17, 15) is 4.79 Å². The molecule has 0 atom stereocenters. The number of hydrogen-bond donors (Lipinski definition) is 0. The van der Waals surface area contributed by atoms with Crippen molar-refractivity contribution in [2.45, 2.75) is 40.5 Å². The van der Waals surface area contributed by atoms with Crippen LogP contribution in [0.5, 0.6) is 11.5 Å². The summed E-state index contributed by atoms with van der Waals surface area (Å²) < 4.78 is 10.6. The van der Waals surface area contributed by atoms with Crippen LogP contribution in [0.1, 0.15) is 46.1 Å². The van der Waals surface area contributed by atoms with Gasteiger partial charge in [0.25, 0.3) is 0 Å². The van der Waals surface area contributed by atoms with Crippen LogP contribution in [0, 0.1) is 5.41 Å². The van der Waals surface area contributed by atoms with E-state index in [1.165, 1.54) is 0 Å². The second-order valence-electron chi connectivity index (χ2n) is 5.83. The normalized spacial score (nSPS) is 11.7. The lowest BCUT2D eigenvalue weighted by molar-refractivity contribution is -0.134. The van der Waals surface area contributed by atoms with Gasteiger partial charge in [0, 0.05) is 6.42 Å². The van der Waals surface area contributed by atoms with Crippen LogP contribution in [0.4, 0.5) is 0 Å². The molecule has 0 fully saturated rings. The third-order valence-electron chi connectivity index (χ3n) is 2.64. The van der Waals surface area contributed by atoms with Gasteiger partial charge in [-0.3, -0.25) is 4.79 Å². The maximum absolute atomic E-state index is 11.5. The van der Waals surface area contributed by atoms with Gasteiger partial charge in [0.2, 0.25) is 0 Å². The molecule has 110 valence electrons. The summed E-state index contributed by atoms with van der Waals surface area (Å²) in [6, 6.07) is 5.56. The summed E-state index contributed by atoms with van der Waals surface area (Å²) in [5.41, 5.74) is 1.14. The van der Waals surface area contributed by atoms with Crippen molar-refractivity contribution >= 4 is 12.0 Å². The highest BCUT2D eigenvalue weighted by atomic mass is 16.6. The average Bonchev–Trinajstić information content (AvgIpc) is 2.37. The summed E-state index contributed by atoms with van der Waals surface area (Å²) in [7, 11) is 1.57. The van der Waals surface area contributed by atoms with Gasteiger partial charge in [0.05, 0.1) is 7.11 Å². The molecule has 0 saturated heterocycles. The van der Waals surface area contributed by atoms with Crippen LogP contribution in [-0.2, 0) is 4.79 Å². The molecule has 0 aliphatic heterocycles. The third kappa shape index (κ3) is 5.47. The monoisotopic (exact) mass is 276 g/mol. The molecule has 0 aromatic heterocycles. The lowest BCUT2D eigenvalue weighted by atomic mass is 9.95. The summed E-state index contributed by atoms with van der Waals surface area (Å²) in [5, 5.41) is 0. The van der Waals surface area contributed by atoms with Crippen molar-refractivity contribution in [2.75, 3.05) is 7.11 Å². The first-order chi connectivity index (χ1) is 9.35. The lowest BCUT2D eigenvalue weighted by Crippen LogP contribution is -2.07. The van der Waals surface area contributed by atoms with Crippen LogP contribution in [0.3, 0.4) is 0 Å². The molecular formula is C17H24O3. The molecule has 1 rings (SSSR count). The highest BCUT2D eigenvalue weighted by Crippen LogP contribution is 2.29. The minimum atomic E-state index is -0.233. The molecule has 0 spiro atoms. The molecular weight excluding hydrogens is 252 g/mol. The molecule has 0 radical (unpaired) electrons. The van der Waals surface area contributed by atoms with Crippen molar-refractivity contribution in [3.63, 3.8) is 0 Å². The first-order valence-corrected chi connectivity index (χ1v) is 6.93. The molecule has 0 saturated carbocycles. The van der Waals surface area contributed by atoms with Crippen LogP contribution in [0.25, 0.3) is 6.08 Å². The first-order valence-electron chi connectivity index (χ1n) is 6.93. The Balaban J connectivity index is 2.91. The quantitative estimate of drug-likeness (QED) is 0.588. The Labute approximate surface area is 121 Å². The average molecular weight is 276 g/mol. The molecule has 0 unspecified atom stereocenters. The molecule has 3 nitrogen and oxygen atoms in total. The summed E-state index contributed by atoms with van der Waals surface area (Å²) in [5.74, 6) is 0.813. The SMILES string of the molecule is CCCC(=O)Oc1ccc(/C=C/C(C)(C)C)cc1OC. The number of carbonyl (C=O) groups excluding carboxylic acids is 1. The number of benzene rings is 1. The van der Waals surface area contributed by atoms with Crippen molar-refractivity contribution in [1.29, 1.82) is 0 Å². The number of ether oxygens (including phenoxy) is 2. The van der Waals surface area contributed by atoms with Crippen molar-refractivity contribution in [1.82, 2.24) is 0 Å². The van der Waals surface area contributed by atoms with Gasteiger partial charge in [0.1, 0.15) is 0 Å². The molecule has 20 heavy (non-hydrogen) atoms. The summed E-state index contributed by atoms with van der Waals surface area (Å²) in [6.45, 7) is 8.36. The molecule has 0 aliphatic carbocycles. The van der Waals surface area contributed by atoms with Gasteiger partial charge < -0.3 is 9.47 Å². The minimum Gasteiger partial charge on any atom is -0.493 e. The van der Waals surface area contributed by atoms with Crippen molar-refractivity contribution in [3.05, 3.63) is 29.8 Å². The first kappa shape index (κ1) is 16.3. The molecule has 1 aromatic rings. The van der Waals surface area contributed by atoms with Gasteiger partial charge in [-0.2, -0.15) is 0 Å². The molecule has 0 N–H and O–H groups in total. The second-order valence-corrected chi connectivity index (χ2v) is 5.83. The van der Waals surface area contributed by atoms with Gasteiger partial charge in [-0.1, -0.05) is 45.9 Å². The van der Waals surface area contributed by atoms with Crippen LogP contribution >= 0.6 is 0 Å². The van der Waals surface area contributed by atoms with E-state index in [0.717, 1.165) is 12.0 Å². The Morgan fingerprint density at radius 1 is 1.25 bits per heavy atom. The molecule has 3 heteroatoms. The number of allylic oxidation sites excluding steroid dienone is 1. The summed E-state index contributed by atoms with van der Waals surface area (Å²) >= 11 is 0. The van der Waals surface area contributed by atoms with Crippen LogP contribution in [-0.4, -0.2) is 13.1 Å². The number of hydrogen-bond acceptors (Lipinski definition) is 3. The zero-order chi connectivity index (χ0) is 15.2. The van der Waals surface area contributed by atoms with E-state index in [4.69, 9.17) is 9.47 Å². The van der Waals surface area contributed by atoms with Crippen molar-refractivity contribution in [2.24, 2.45) is 5.41 Å². The van der Waals surface area contributed by atoms with E-state index in [-0.39, 0.29) is 11.4 Å². The Hall–Kier alpha value is -1.77. The summed E-state index contributed by atoms with van der Waals surface area (Å²) in [4.78, 5) is 11.5. The Bertz CT molecular complexity index is 481. The van der Waals surface area contributed by atoms with Gasteiger partial charge >= 0.3 is 5.97 Å². The highest BCUT2D eigenvalue weighted by molar-refractivity contribution is 5.73. The zero-order valence-corrected chi connectivity index (χ0v) is 13.0. The van der Waals surface area contributed by atoms with Crippen LogP contribution in [0.15, 0.2) is 24.3 Å². The van der Waals surface area contributed by atoms with E-state index in [0.29, 0.717) is 17.9 Å². The maximum atomic E-state index is 11.5. The van der Waals surface area contributed by atoms with Crippen LogP contribution in [0.2, 0.25) is 0 Å².